The van der Waals surface area contributed by atoms with Gasteiger partial charge in [0.05, 0.1) is 5.56 Å². The van der Waals surface area contributed by atoms with E-state index in [2.05, 4.69) is 4.98 Å². The van der Waals surface area contributed by atoms with Gasteiger partial charge in [0.2, 0.25) is 0 Å². The molecule has 0 unspecified atom stereocenters. The molecule has 0 atom stereocenters. The highest BCUT2D eigenvalue weighted by Crippen LogP contribution is 2.29. The number of alkyl halides is 3. The van der Waals surface area contributed by atoms with Gasteiger partial charge in [-0.1, -0.05) is 0 Å². The van der Waals surface area contributed by atoms with Crippen molar-refractivity contribution in [3.63, 3.8) is 0 Å². The molecule has 0 saturated carbocycles. The number of nitrogens with one attached hydrogen (secondary N) is 1. The highest BCUT2D eigenvalue weighted by molar-refractivity contribution is 5.24. The average molecular weight is 177 g/mol. The maximum atomic E-state index is 12.1. The number of pyridine rings is 1. The topological polar surface area (TPSA) is 32.9 Å². The molecule has 0 aliphatic carbocycles. The van der Waals surface area contributed by atoms with Crippen LogP contribution >= 0.6 is 0 Å². The summed E-state index contributed by atoms with van der Waals surface area (Å²) < 4.78 is 36.2. The summed E-state index contributed by atoms with van der Waals surface area (Å²) in [5.41, 5.74) is -1.89. The average Bonchev–Trinajstić information content (AvgIpc) is 1.92. The second-order valence-electron chi connectivity index (χ2n) is 2.34. The first kappa shape index (κ1) is 8.83. The van der Waals surface area contributed by atoms with Crippen LogP contribution < -0.4 is 5.56 Å². The van der Waals surface area contributed by atoms with Crippen molar-refractivity contribution >= 4 is 0 Å². The van der Waals surface area contributed by atoms with Crippen molar-refractivity contribution in [2.45, 2.75) is 13.1 Å². The van der Waals surface area contributed by atoms with E-state index in [4.69, 9.17) is 0 Å². The molecule has 2 nitrogen and oxygen atoms in total. The molecule has 0 radical (unpaired) electrons. The van der Waals surface area contributed by atoms with Gasteiger partial charge >= 0.3 is 6.18 Å². The van der Waals surface area contributed by atoms with Crippen LogP contribution in [0.2, 0.25) is 0 Å². The Kier molecular flexibility index (Phi) is 1.95. The summed E-state index contributed by atoms with van der Waals surface area (Å²) in [5, 5.41) is 0. The van der Waals surface area contributed by atoms with Gasteiger partial charge in [-0.15, -0.1) is 0 Å². The second kappa shape index (κ2) is 2.66. The van der Waals surface area contributed by atoms with Crippen molar-refractivity contribution in [3.05, 3.63) is 33.7 Å². The number of hydrogen-bond donors (Lipinski definition) is 1. The fraction of sp³-hybridized carbons (Fsp3) is 0.286. The Labute approximate surface area is 66.0 Å². The number of aromatic amines is 1. The molecule has 1 rings (SSSR count). The van der Waals surface area contributed by atoms with Crippen molar-refractivity contribution in [1.82, 2.24) is 4.98 Å². The summed E-state index contributed by atoms with van der Waals surface area (Å²) in [4.78, 5) is 12.9. The number of aromatic nitrogens is 1. The van der Waals surface area contributed by atoms with E-state index in [1.165, 1.54) is 0 Å². The quantitative estimate of drug-likeness (QED) is 0.642. The Morgan fingerprint density at radius 2 is 2.00 bits per heavy atom. The van der Waals surface area contributed by atoms with Gasteiger partial charge in [0.25, 0.3) is 5.56 Å². The van der Waals surface area contributed by atoms with Gasteiger partial charge in [0, 0.05) is 11.8 Å². The number of hydrogen-bond acceptors (Lipinski definition) is 1. The van der Waals surface area contributed by atoms with Crippen molar-refractivity contribution in [2.24, 2.45) is 0 Å². The molecule has 0 aromatic carbocycles. The number of halogens is 3. The van der Waals surface area contributed by atoms with Crippen molar-refractivity contribution in [3.8, 4) is 0 Å². The molecule has 1 aromatic rings. The van der Waals surface area contributed by atoms with Crippen LogP contribution in [0.3, 0.4) is 0 Å². The molecule has 66 valence electrons. The normalized spacial score (nSPS) is 11.7. The summed E-state index contributed by atoms with van der Waals surface area (Å²) in [6.07, 6.45) is -3.46. The summed E-state index contributed by atoms with van der Waals surface area (Å²) in [6.45, 7) is 1.14. The van der Waals surface area contributed by atoms with Gasteiger partial charge in [-0.3, -0.25) is 4.79 Å². The summed E-state index contributed by atoms with van der Waals surface area (Å²) in [7, 11) is 0. The first-order valence-electron chi connectivity index (χ1n) is 3.18. The van der Waals surface area contributed by atoms with Crippen LogP contribution in [0.25, 0.3) is 0 Å². The van der Waals surface area contributed by atoms with E-state index in [1.807, 2.05) is 0 Å². The molecule has 0 aliphatic rings. The molecular formula is C7H6F3NO. The van der Waals surface area contributed by atoms with Crippen LogP contribution in [0.4, 0.5) is 13.2 Å². The fourth-order valence-corrected chi connectivity index (χ4v) is 0.863. The Bertz CT molecular complexity index is 339. The zero-order valence-corrected chi connectivity index (χ0v) is 6.20. The third-order valence-electron chi connectivity index (χ3n) is 1.51. The lowest BCUT2D eigenvalue weighted by Crippen LogP contribution is -2.17. The Morgan fingerprint density at radius 1 is 1.42 bits per heavy atom. The standard InChI is InChI=1S/C7H6F3NO/c1-4-5(7(8,9)10)2-3-11-6(4)12/h2-3H,1H3,(H,11,12). The molecule has 0 spiro atoms. The van der Waals surface area contributed by atoms with E-state index in [9.17, 15) is 18.0 Å². The highest BCUT2D eigenvalue weighted by Gasteiger charge is 2.32. The van der Waals surface area contributed by atoms with E-state index in [0.717, 1.165) is 19.2 Å². The third-order valence-corrected chi connectivity index (χ3v) is 1.51. The molecule has 0 saturated heterocycles. The van der Waals surface area contributed by atoms with Crippen LogP contribution in [0.15, 0.2) is 17.1 Å². The Hall–Kier alpha value is -1.26. The van der Waals surface area contributed by atoms with Crippen LogP contribution in [-0.2, 0) is 6.18 Å². The lowest BCUT2D eigenvalue weighted by atomic mass is 10.1. The fourth-order valence-electron chi connectivity index (χ4n) is 0.863. The van der Waals surface area contributed by atoms with Crippen LogP contribution in [0.5, 0.6) is 0 Å². The first-order valence-corrected chi connectivity index (χ1v) is 3.18. The van der Waals surface area contributed by atoms with Crippen molar-refractivity contribution in [2.75, 3.05) is 0 Å². The van der Waals surface area contributed by atoms with E-state index < -0.39 is 17.3 Å². The molecule has 5 heteroatoms. The maximum Gasteiger partial charge on any atom is 0.416 e. The molecule has 0 bridgehead atoms. The first-order chi connectivity index (χ1) is 5.43. The van der Waals surface area contributed by atoms with Gasteiger partial charge < -0.3 is 4.98 Å². The van der Waals surface area contributed by atoms with Gasteiger partial charge in [-0.2, -0.15) is 13.2 Å². The molecule has 12 heavy (non-hydrogen) atoms. The molecule has 0 fully saturated rings. The van der Waals surface area contributed by atoms with Gasteiger partial charge in [0.15, 0.2) is 0 Å². The smallest absolute Gasteiger partial charge is 0.329 e. The minimum absolute atomic E-state index is 0.301. The monoisotopic (exact) mass is 177 g/mol. The molecule has 0 aliphatic heterocycles. The van der Waals surface area contributed by atoms with Gasteiger partial charge in [-0.05, 0) is 13.0 Å². The van der Waals surface area contributed by atoms with Crippen LogP contribution in [0.1, 0.15) is 11.1 Å². The lowest BCUT2D eigenvalue weighted by Gasteiger charge is -2.07. The van der Waals surface area contributed by atoms with Crippen molar-refractivity contribution < 1.29 is 13.2 Å². The second-order valence-corrected chi connectivity index (χ2v) is 2.34. The van der Waals surface area contributed by atoms with Crippen LogP contribution in [-0.4, -0.2) is 4.98 Å². The minimum Gasteiger partial charge on any atom is -0.329 e. The summed E-state index contributed by atoms with van der Waals surface area (Å²) in [6, 6.07) is 0.844. The zero-order chi connectivity index (χ0) is 9.35. The third kappa shape index (κ3) is 1.49. The summed E-state index contributed by atoms with van der Waals surface area (Å²) >= 11 is 0. The molecule has 0 amide bonds. The Balaban J connectivity index is 3.36. The molecule has 1 aromatic heterocycles. The van der Waals surface area contributed by atoms with Crippen molar-refractivity contribution in [1.29, 1.82) is 0 Å². The highest BCUT2D eigenvalue weighted by atomic mass is 19.4. The van der Waals surface area contributed by atoms with Crippen LogP contribution in [0, 0.1) is 6.92 Å². The van der Waals surface area contributed by atoms with E-state index >= 15 is 0 Å². The maximum absolute atomic E-state index is 12.1. The minimum atomic E-state index is -4.45. The SMILES string of the molecule is Cc1c(C(F)(F)F)cc[nH]c1=O. The number of H-pyrrole nitrogens is 1. The molecule has 1 N–H and O–H groups in total. The Morgan fingerprint density at radius 3 is 2.42 bits per heavy atom. The van der Waals surface area contributed by atoms with Gasteiger partial charge in [0.1, 0.15) is 0 Å². The van der Waals surface area contributed by atoms with Gasteiger partial charge in [-0.25, -0.2) is 0 Å². The predicted molar refractivity (Wildman–Crippen MR) is 36.8 cm³/mol. The zero-order valence-electron chi connectivity index (χ0n) is 6.20. The molecular weight excluding hydrogens is 171 g/mol. The lowest BCUT2D eigenvalue weighted by molar-refractivity contribution is -0.138. The van der Waals surface area contributed by atoms with E-state index in [1.54, 1.807) is 0 Å². The predicted octanol–water partition coefficient (Wildman–Crippen LogP) is 1.70. The molecule has 1 heterocycles. The van der Waals surface area contributed by atoms with E-state index in [-0.39, 0.29) is 5.56 Å². The summed E-state index contributed by atoms with van der Waals surface area (Å²) in [5.74, 6) is 0. The number of rotatable bonds is 0. The largest absolute Gasteiger partial charge is 0.416 e. The van der Waals surface area contributed by atoms with E-state index in [0.29, 0.717) is 0 Å².